The van der Waals surface area contributed by atoms with Crippen molar-refractivity contribution in [3.05, 3.63) is 41.1 Å². The van der Waals surface area contributed by atoms with Crippen LogP contribution in [0.5, 0.6) is 0 Å². The standard InChI is InChI=1S/C21H27N3O2.2ClH/c1-26-14-21(9-11-22-12-10-21)13-23-20(25)19-15-5-2-3-7-17(15)24-18-8-4-6-16(18)19;;/h2-3,5,7,22H,4,6,8-14H2,1H3,(H,23,25);2*1H. The van der Waals surface area contributed by atoms with Gasteiger partial charge in [0, 0.05) is 30.1 Å². The number of halogens is 2. The van der Waals surface area contributed by atoms with Gasteiger partial charge in [0.05, 0.1) is 17.7 Å². The van der Waals surface area contributed by atoms with Crippen molar-refractivity contribution in [1.82, 2.24) is 15.6 Å². The van der Waals surface area contributed by atoms with Crippen LogP contribution in [0.4, 0.5) is 0 Å². The molecule has 2 heterocycles. The van der Waals surface area contributed by atoms with E-state index in [2.05, 4.69) is 10.6 Å². The molecule has 7 heteroatoms. The maximum atomic E-state index is 13.2. The second-order valence-corrected chi connectivity index (χ2v) is 7.65. The fourth-order valence-corrected chi connectivity index (χ4v) is 4.46. The van der Waals surface area contributed by atoms with Gasteiger partial charge in [-0.15, -0.1) is 24.8 Å². The molecule has 2 aliphatic rings. The second-order valence-electron chi connectivity index (χ2n) is 7.65. The van der Waals surface area contributed by atoms with E-state index in [1.165, 1.54) is 0 Å². The molecule has 0 atom stereocenters. The Morgan fingerprint density at radius 3 is 2.71 bits per heavy atom. The normalized spacial score (nSPS) is 17.3. The number of nitrogens with zero attached hydrogens (tertiary/aromatic N) is 1. The van der Waals surface area contributed by atoms with Crippen LogP contribution >= 0.6 is 24.8 Å². The fraction of sp³-hybridized carbons (Fsp3) is 0.524. The zero-order chi connectivity index (χ0) is 18.0. The van der Waals surface area contributed by atoms with Crippen LogP contribution in [-0.2, 0) is 17.6 Å². The molecule has 0 radical (unpaired) electrons. The molecule has 2 aromatic rings. The summed E-state index contributed by atoms with van der Waals surface area (Å²) >= 11 is 0. The van der Waals surface area contributed by atoms with Gasteiger partial charge >= 0.3 is 0 Å². The summed E-state index contributed by atoms with van der Waals surface area (Å²) in [5.41, 5.74) is 4.03. The molecule has 0 spiro atoms. The van der Waals surface area contributed by atoms with Gasteiger partial charge in [-0.3, -0.25) is 9.78 Å². The van der Waals surface area contributed by atoms with Crippen molar-refractivity contribution in [3.63, 3.8) is 0 Å². The number of aryl methyl sites for hydroxylation is 1. The maximum Gasteiger partial charge on any atom is 0.252 e. The van der Waals surface area contributed by atoms with Gasteiger partial charge in [0.15, 0.2) is 0 Å². The SMILES string of the molecule is COCC1(CNC(=O)c2c3c(nc4ccccc24)CCC3)CCNCC1.Cl.Cl. The lowest BCUT2D eigenvalue weighted by atomic mass is 9.79. The highest BCUT2D eigenvalue weighted by Gasteiger charge is 2.33. The zero-order valence-corrected chi connectivity index (χ0v) is 17.9. The van der Waals surface area contributed by atoms with E-state index < -0.39 is 0 Å². The van der Waals surface area contributed by atoms with E-state index in [1.54, 1.807) is 7.11 Å². The third-order valence-corrected chi connectivity index (χ3v) is 5.89. The molecule has 1 aliphatic carbocycles. The van der Waals surface area contributed by atoms with Crippen LogP contribution < -0.4 is 10.6 Å². The van der Waals surface area contributed by atoms with E-state index in [-0.39, 0.29) is 36.1 Å². The largest absolute Gasteiger partial charge is 0.384 e. The number of piperidine rings is 1. The van der Waals surface area contributed by atoms with E-state index in [9.17, 15) is 4.79 Å². The quantitative estimate of drug-likeness (QED) is 0.770. The van der Waals surface area contributed by atoms with Crippen LogP contribution in [0.3, 0.4) is 0 Å². The van der Waals surface area contributed by atoms with Crippen molar-refractivity contribution in [2.45, 2.75) is 32.1 Å². The molecule has 0 saturated carbocycles. The summed E-state index contributed by atoms with van der Waals surface area (Å²) in [5.74, 6) is 0.0377. The highest BCUT2D eigenvalue weighted by Crippen LogP contribution is 2.31. The summed E-state index contributed by atoms with van der Waals surface area (Å²) in [6.07, 6.45) is 5.05. The molecule has 5 nitrogen and oxygen atoms in total. The minimum atomic E-state index is 0. The molecule has 2 N–H and O–H groups in total. The molecule has 28 heavy (non-hydrogen) atoms. The zero-order valence-electron chi connectivity index (χ0n) is 16.3. The lowest BCUT2D eigenvalue weighted by Crippen LogP contribution is -2.47. The van der Waals surface area contributed by atoms with Crippen molar-refractivity contribution < 1.29 is 9.53 Å². The topological polar surface area (TPSA) is 63.2 Å². The first-order chi connectivity index (χ1) is 12.7. The Hall–Kier alpha value is -1.40. The van der Waals surface area contributed by atoms with Crippen molar-refractivity contribution in [3.8, 4) is 0 Å². The number of para-hydroxylation sites is 1. The highest BCUT2D eigenvalue weighted by atomic mass is 35.5. The van der Waals surface area contributed by atoms with E-state index in [0.717, 1.165) is 72.9 Å². The Bertz CT molecular complexity index is 817. The number of aromatic nitrogens is 1. The first-order valence-electron chi connectivity index (χ1n) is 9.61. The van der Waals surface area contributed by atoms with Crippen LogP contribution in [-0.4, -0.2) is 44.2 Å². The summed E-state index contributed by atoms with van der Waals surface area (Å²) in [7, 11) is 1.74. The fourth-order valence-electron chi connectivity index (χ4n) is 4.46. The predicted molar refractivity (Wildman–Crippen MR) is 117 cm³/mol. The Morgan fingerprint density at radius 2 is 1.96 bits per heavy atom. The van der Waals surface area contributed by atoms with Crippen LogP contribution in [0.15, 0.2) is 24.3 Å². The Balaban J connectivity index is 0.00000140. The van der Waals surface area contributed by atoms with Crippen molar-refractivity contribution in [2.24, 2.45) is 5.41 Å². The summed E-state index contributed by atoms with van der Waals surface area (Å²) in [5, 5.41) is 7.61. The lowest BCUT2D eigenvalue weighted by Gasteiger charge is -2.37. The van der Waals surface area contributed by atoms with Crippen LogP contribution in [0.25, 0.3) is 10.9 Å². The number of benzene rings is 1. The monoisotopic (exact) mass is 425 g/mol. The lowest BCUT2D eigenvalue weighted by molar-refractivity contribution is 0.0512. The molecular formula is C21H29Cl2N3O2. The third kappa shape index (κ3) is 4.43. The number of nitrogens with one attached hydrogen (secondary N) is 2. The highest BCUT2D eigenvalue weighted by molar-refractivity contribution is 6.07. The third-order valence-electron chi connectivity index (χ3n) is 5.89. The molecule has 0 bridgehead atoms. The van der Waals surface area contributed by atoms with E-state index >= 15 is 0 Å². The molecule has 0 unspecified atom stereocenters. The minimum absolute atomic E-state index is 0. The van der Waals surface area contributed by atoms with Gasteiger partial charge in [0.2, 0.25) is 0 Å². The van der Waals surface area contributed by atoms with Gasteiger partial charge in [0.1, 0.15) is 0 Å². The molecule has 1 fully saturated rings. The number of carbonyl (C=O) groups excluding carboxylic acids is 1. The average molecular weight is 426 g/mol. The van der Waals surface area contributed by atoms with Gasteiger partial charge in [0.25, 0.3) is 5.91 Å². The number of hydrogen-bond donors (Lipinski definition) is 2. The van der Waals surface area contributed by atoms with Crippen LogP contribution in [0.2, 0.25) is 0 Å². The molecule has 4 rings (SSSR count). The summed E-state index contributed by atoms with van der Waals surface area (Å²) in [6.45, 7) is 3.30. The van der Waals surface area contributed by atoms with Gasteiger partial charge in [-0.25, -0.2) is 0 Å². The Morgan fingerprint density at radius 1 is 1.21 bits per heavy atom. The van der Waals surface area contributed by atoms with E-state index in [0.29, 0.717) is 13.2 Å². The molecule has 1 aliphatic heterocycles. The second kappa shape index (κ2) is 9.88. The van der Waals surface area contributed by atoms with Crippen LogP contribution in [0.1, 0.15) is 40.9 Å². The number of methoxy groups -OCH3 is 1. The number of ether oxygens (including phenoxy) is 1. The van der Waals surface area contributed by atoms with Crippen molar-refractivity contribution >= 4 is 41.6 Å². The van der Waals surface area contributed by atoms with Gasteiger partial charge < -0.3 is 15.4 Å². The van der Waals surface area contributed by atoms with Crippen molar-refractivity contribution in [1.29, 1.82) is 0 Å². The molecule has 1 aromatic heterocycles. The Kier molecular flexibility index (Phi) is 8.07. The molecule has 1 aromatic carbocycles. The molecule has 1 saturated heterocycles. The first-order valence-corrected chi connectivity index (χ1v) is 9.61. The van der Waals surface area contributed by atoms with E-state index in [4.69, 9.17) is 9.72 Å². The van der Waals surface area contributed by atoms with Gasteiger partial charge in [-0.1, -0.05) is 18.2 Å². The Labute approximate surface area is 178 Å². The number of pyridine rings is 1. The smallest absolute Gasteiger partial charge is 0.252 e. The van der Waals surface area contributed by atoms with Gasteiger partial charge in [-0.05, 0) is 56.8 Å². The summed E-state index contributed by atoms with van der Waals surface area (Å²) < 4.78 is 5.48. The summed E-state index contributed by atoms with van der Waals surface area (Å²) in [6, 6.07) is 8.00. The van der Waals surface area contributed by atoms with Crippen LogP contribution in [0, 0.1) is 5.41 Å². The number of fused-ring (bicyclic) bond motifs is 2. The first kappa shape index (κ1) is 22.9. The summed E-state index contributed by atoms with van der Waals surface area (Å²) in [4.78, 5) is 18.0. The molecular weight excluding hydrogens is 397 g/mol. The molecule has 1 amide bonds. The number of carbonyl (C=O) groups is 1. The molecule has 154 valence electrons. The average Bonchev–Trinajstić information content (AvgIpc) is 3.13. The van der Waals surface area contributed by atoms with E-state index in [1.807, 2.05) is 24.3 Å². The van der Waals surface area contributed by atoms with Gasteiger partial charge in [-0.2, -0.15) is 0 Å². The maximum absolute atomic E-state index is 13.2. The number of rotatable bonds is 5. The predicted octanol–water partition coefficient (Wildman–Crippen LogP) is 3.31. The minimum Gasteiger partial charge on any atom is -0.384 e. The number of amides is 1. The van der Waals surface area contributed by atoms with Crippen molar-refractivity contribution in [2.75, 3.05) is 33.4 Å². The number of hydrogen-bond acceptors (Lipinski definition) is 4.